The van der Waals surface area contributed by atoms with Gasteiger partial charge in [-0.3, -0.25) is 9.59 Å². The largest absolute Gasteiger partial charge is 0.508 e. The van der Waals surface area contributed by atoms with Gasteiger partial charge in [-0.05, 0) is 73.9 Å². The Balaban J connectivity index is 1.96. The molecule has 0 heterocycles. The van der Waals surface area contributed by atoms with E-state index in [0.717, 1.165) is 36.0 Å². The molecular weight excluding hydrogens is 410 g/mol. The van der Waals surface area contributed by atoms with Crippen LogP contribution in [0.3, 0.4) is 0 Å². The summed E-state index contributed by atoms with van der Waals surface area (Å²) < 4.78 is 16.8. The molecule has 1 aliphatic carbocycles. The van der Waals surface area contributed by atoms with Crippen molar-refractivity contribution in [3.63, 3.8) is 0 Å². The zero-order valence-corrected chi connectivity index (χ0v) is 19.3. The number of carbonyl (C=O) groups is 2. The number of phenolic OH excluding ortho intramolecular Hbond substituents is 1. The normalized spacial score (nSPS) is 12.4. The topological polar surface area (TPSA) is 94.1 Å². The highest BCUT2D eigenvalue weighted by atomic mass is 16.5. The number of aromatic hydroxyl groups is 1. The van der Waals surface area contributed by atoms with Crippen LogP contribution in [0.5, 0.6) is 23.0 Å². The van der Waals surface area contributed by atoms with Crippen LogP contribution in [0.25, 0.3) is 0 Å². The molecule has 172 valence electrons. The second kappa shape index (κ2) is 9.94. The van der Waals surface area contributed by atoms with Gasteiger partial charge in [0, 0.05) is 11.1 Å². The zero-order chi connectivity index (χ0) is 23.4. The lowest BCUT2D eigenvalue weighted by atomic mass is 9.97. The molecule has 2 N–H and O–H groups in total. The average molecular weight is 442 g/mol. The van der Waals surface area contributed by atoms with Gasteiger partial charge in [-0.1, -0.05) is 13.8 Å². The van der Waals surface area contributed by atoms with Crippen molar-refractivity contribution in [2.24, 2.45) is 0 Å². The predicted octanol–water partition coefficient (Wildman–Crippen LogP) is 4.41. The number of benzene rings is 2. The van der Waals surface area contributed by atoms with Crippen molar-refractivity contribution in [1.82, 2.24) is 5.32 Å². The lowest BCUT2D eigenvalue weighted by Crippen LogP contribution is -2.31. The molecule has 0 radical (unpaired) electrons. The lowest BCUT2D eigenvalue weighted by molar-refractivity contribution is -0.141. The van der Waals surface area contributed by atoms with Crippen molar-refractivity contribution in [1.29, 1.82) is 0 Å². The predicted molar refractivity (Wildman–Crippen MR) is 121 cm³/mol. The van der Waals surface area contributed by atoms with Gasteiger partial charge in [0.15, 0.2) is 11.5 Å². The van der Waals surface area contributed by atoms with Crippen LogP contribution in [0.4, 0.5) is 0 Å². The minimum absolute atomic E-state index is 0.0470. The van der Waals surface area contributed by atoms with Gasteiger partial charge in [-0.2, -0.15) is 0 Å². The second-order valence-electron chi connectivity index (χ2n) is 8.16. The summed E-state index contributed by atoms with van der Waals surface area (Å²) in [5.41, 5.74) is 4.00. The van der Waals surface area contributed by atoms with Crippen molar-refractivity contribution in [3.8, 4) is 23.0 Å². The summed E-state index contributed by atoms with van der Waals surface area (Å²) in [6.07, 6.45) is 2.47. The lowest BCUT2D eigenvalue weighted by Gasteiger charge is -2.21. The summed E-state index contributed by atoms with van der Waals surface area (Å²) in [6, 6.07) is 5.11. The third-order valence-corrected chi connectivity index (χ3v) is 5.61. The highest BCUT2D eigenvalue weighted by Gasteiger charge is 2.27. The first kappa shape index (κ1) is 23.4. The van der Waals surface area contributed by atoms with Crippen molar-refractivity contribution < 1.29 is 28.9 Å². The molecule has 0 fully saturated rings. The first-order valence-corrected chi connectivity index (χ1v) is 10.9. The van der Waals surface area contributed by atoms with Gasteiger partial charge in [0.25, 0.3) is 5.91 Å². The molecule has 2 aromatic carbocycles. The van der Waals surface area contributed by atoms with Gasteiger partial charge in [0.05, 0.1) is 13.7 Å². The molecule has 0 saturated carbocycles. The molecule has 7 heteroatoms. The van der Waals surface area contributed by atoms with Crippen LogP contribution >= 0.6 is 0 Å². The van der Waals surface area contributed by atoms with Crippen molar-refractivity contribution in [2.75, 3.05) is 20.3 Å². The van der Waals surface area contributed by atoms with E-state index in [1.165, 1.54) is 0 Å². The van der Waals surface area contributed by atoms with Crippen LogP contribution in [0.15, 0.2) is 18.2 Å². The Morgan fingerprint density at radius 3 is 2.53 bits per heavy atom. The fourth-order valence-corrected chi connectivity index (χ4v) is 4.23. The third-order valence-electron chi connectivity index (χ3n) is 5.61. The quantitative estimate of drug-likeness (QED) is 0.590. The first-order chi connectivity index (χ1) is 15.3. The monoisotopic (exact) mass is 441 g/mol. The number of phenols is 1. The van der Waals surface area contributed by atoms with Gasteiger partial charge in [0.2, 0.25) is 0 Å². The summed E-state index contributed by atoms with van der Waals surface area (Å²) in [5.74, 6) is 1.18. The number of fused-ring (bicyclic) bond motifs is 1. The molecule has 32 heavy (non-hydrogen) atoms. The van der Waals surface area contributed by atoms with E-state index < -0.39 is 5.97 Å². The van der Waals surface area contributed by atoms with Gasteiger partial charge in [0.1, 0.15) is 18.0 Å². The maximum atomic E-state index is 12.8. The number of rotatable bonds is 8. The minimum Gasteiger partial charge on any atom is -0.508 e. The third kappa shape index (κ3) is 4.66. The molecule has 2 aromatic rings. The van der Waals surface area contributed by atoms with E-state index in [4.69, 9.17) is 14.2 Å². The fraction of sp³-hybridized carbons (Fsp3) is 0.440. The van der Waals surface area contributed by atoms with Gasteiger partial charge in [-0.25, -0.2) is 0 Å². The molecule has 0 atom stereocenters. The highest BCUT2D eigenvalue weighted by Crippen LogP contribution is 2.45. The average Bonchev–Trinajstić information content (AvgIpc) is 3.24. The van der Waals surface area contributed by atoms with E-state index in [-0.39, 0.29) is 30.7 Å². The maximum Gasteiger partial charge on any atom is 0.325 e. The van der Waals surface area contributed by atoms with Crippen LogP contribution < -0.4 is 14.8 Å². The second-order valence-corrected chi connectivity index (χ2v) is 8.16. The van der Waals surface area contributed by atoms with Crippen LogP contribution in [0, 0.1) is 6.92 Å². The van der Waals surface area contributed by atoms with Crippen LogP contribution in [0.2, 0.25) is 0 Å². The Bertz CT molecular complexity index is 1030. The van der Waals surface area contributed by atoms with Gasteiger partial charge < -0.3 is 24.6 Å². The SMILES string of the molecule is CCOC(=O)CNC(=O)c1cc(C)c(Oc2ccc(O)c(C(C)C)c2OC)c2c1CCC2. The van der Waals surface area contributed by atoms with E-state index in [1.54, 1.807) is 32.2 Å². The minimum atomic E-state index is -0.463. The van der Waals surface area contributed by atoms with Crippen LogP contribution in [0.1, 0.15) is 65.7 Å². The Kier molecular flexibility index (Phi) is 7.28. The molecule has 3 rings (SSSR count). The highest BCUT2D eigenvalue weighted by molar-refractivity contribution is 5.98. The fourth-order valence-electron chi connectivity index (χ4n) is 4.23. The Morgan fingerprint density at radius 1 is 1.16 bits per heavy atom. The van der Waals surface area contributed by atoms with Crippen molar-refractivity contribution in [3.05, 3.63) is 46.0 Å². The summed E-state index contributed by atoms with van der Waals surface area (Å²) in [7, 11) is 1.56. The van der Waals surface area contributed by atoms with Gasteiger partial charge >= 0.3 is 5.97 Å². The number of nitrogens with one attached hydrogen (secondary N) is 1. The number of hydrogen-bond acceptors (Lipinski definition) is 6. The summed E-state index contributed by atoms with van der Waals surface area (Å²) in [6.45, 7) is 7.69. The molecule has 0 aromatic heterocycles. The number of ether oxygens (including phenoxy) is 3. The van der Waals surface area contributed by atoms with Crippen molar-refractivity contribution in [2.45, 2.75) is 52.9 Å². The number of methoxy groups -OCH3 is 1. The Labute approximate surface area is 188 Å². The molecule has 1 amide bonds. The molecule has 7 nitrogen and oxygen atoms in total. The van der Waals surface area contributed by atoms with Gasteiger partial charge in [-0.15, -0.1) is 0 Å². The number of amides is 1. The van der Waals surface area contributed by atoms with E-state index in [1.807, 2.05) is 20.8 Å². The maximum absolute atomic E-state index is 12.8. The number of esters is 1. The van der Waals surface area contributed by atoms with E-state index >= 15 is 0 Å². The summed E-state index contributed by atoms with van der Waals surface area (Å²) in [5, 5.41) is 13.0. The van der Waals surface area contributed by atoms with E-state index in [0.29, 0.717) is 28.4 Å². The summed E-state index contributed by atoms with van der Waals surface area (Å²) in [4.78, 5) is 24.4. The molecule has 0 aliphatic heterocycles. The zero-order valence-electron chi connectivity index (χ0n) is 19.3. The van der Waals surface area contributed by atoms with Crippen LogP contribution in [-0.4, -0.2) is 37.2 Å². The van der Waals surface area contributed by atoms with E-state index in [2.05, 4.69) is 5.32 Å². The standard InChI is InChI=1S/C25H31NO6/c1-6-31-21(28)13-26-25(29)18-12-15(4)23(17-9-7-8-16(17)18)32-20-11-10-19(27)22(14(2)3)24(20)30-5/h10-12,14,27H,6-9,13H2,1-5H3,(H,26,29). The molecule has 0 spiro atoms. The molecule has 0 unspecified atom stereocenters. The number of carbonyl (C=O) groups excluding carboxylic acids is 2. The molecule has 0 bridgehead atoms. The molecule has 1 aliphatic rings. The Hall–Kier alpha value is -3.22. The van der Waals surface area contributed by atoms with Crippen LogP contribution in [-0.2, 0) is 22.4 Å². The first-order valence-electron chi connectivity index (χ1n) is 10.9. The molecular formula is C25H31NO6. The summed E-state index contributed by atoms with van der Waals surface area (Å²) >= 11 is 0. The molecule has 0 saturated heterocycles. The smallest absolute Gasteiger partial charge is 0.325 e. The van der Waals surface area contributed by atoms with E-state index in [9.17, 15) is 14.7 Å². The van der Waals surface area contributed by atoms with Crippen molar-refractivity contribution >= 4 is 11.9 Å². The number of aryl methyl sites for hydroxylation is 1. The Morgan fingerprint density at radius 2 is 1.88 bits per heavy atom. The number of hydrogen-bond donors (Lipinski definition) is 2.